The van der Waals surface area contributed by atoms with Gasteiger partial charge in [0.05, 0.1) is 5.02 Å². The Bertz CT molecular complexity index is 552. The molecule has 0 heterocycles. The fourth-order valence-corrected chi connectivity index (χ4v) is 2.02. The molecule has 0 fully saturated rings. The van der Waals surface area contributed by atoms with Crippen LogP contribution >= 0.6 is 11.6 Å². The van der Waals surface area contributed by atoms with Crippen LogP contribution in [0.1, 0.15) is 30.3 Å². The molecule has 2 aromatic rings. The molecule has 0 aliphatic rings. The van der Waals surface area contributed by atoms with Gasteiger partial charge in [-0.2, -0.15) is 0 Å². The fraction of sp³-hybridized carbons (Fsp3) is 0.188. The molecular weight excluding hydrogens is 258 g/mol. The van der Waals surface area contributed by atoms with Crippen molar-refractivity contribution in [3.63, 3.8) is 0 Å². The van der Waals surface area contributed by atoms with Crippen molar-refractivity contribution in [2.45, 2.75) is 20.9 Å². The molecule has 0 atom stereocenters. The van der Waals surface area contributed by atoms with Gasteiger partial charge in [0.15, 0.2) is 5.78 Å². The second-order valence-corrected chi connectivity index (χ2v) is 4.50. The number of hydrogen-bond acceptors (Lipinski definition) is 2. The van der Waals surface area contributed by atoms with Crippen molar-refractivity contribution >= 4 is 23.1 Å². The van der Waals surface area contributed by atoms with Crippen LogP contribution in [-0.4, -0.2) is 5.78 Å². The summed E-state index contributed by atoms with van der Waals surface area (Å²) in [5, 5.41) is 3.76. The normalized spacial score (nSPS) is 9.58. The van der Waals surface area contributed by atoms with E-state index >= 15 is 0 Å². The lowest BCUT2D eigenvalue weighted by atomic mass is 10.1. The second-order valence-electron chi connectivity index (χ2n) is 4.09. The van der Waals surface area contributed by atoms with Crippen molar-refractivity contribution in [3.05, 3.63) is 64.7 Å². The maximum absolute atomic E-state index is 11.3. The Hall–Kier alpha value is -1.80. The maximum atomic E-state index is 11.3. The zero-order valence-corrected chi connectivity index (χ0v) is 10.9. The van der Waals surface area contributed by atoms with Gasteiger partial charge in [0.2, 0.25) is 0 Å². The molecule has 2 nitrogen and oxygen atoms in total. The van der Waals surface area contributed by atoms with Gasteiger partial charge in [0.1, 0.15) is 0 Å². The number of halogens is 1. The van der Waals surface area contributed by atoms with E-state index in [0.29, 0.717) is 10.6 Å². The molecule has 19 heavy (non-hydrogen) atoms. The third-order valence-electron chi connectivity index (χ3n) is 2.69. The summed E-state index contributed by atoms with van der Waals surface area (Å²) in [6.45, 7) is 2.24. The smallest absolute Gasteiger partial charge is 0.161 e. The van der Waals surface area contributed by atoms with E-state index in [9.17, 15) is 4.79 Å². The molecule has 0 amide bonds. The summed E-state index contributed by atoms with van der Waals surface area (Å²) in [5.74, 6) is -0.0189. The lowest BCUT2D eigenvalue weighted by Crippen LogP contribution is -2.00. The Morgan fingerprint density at radius 1 is 1.16 bits per heavy atom. The van der Waals surface area contributed by atoms with Crippen molar-refractivity contribution < 1.29 is 4.79 Å². The highest BCUT2D eigenvalue weighted by atomic mass is 35.5. The monoisotopic (exact) mass is 275 g/mol. The maximum Gasteiger partial charge on any atom is 0.161 e. The first-order valence-corrected chi connectivity index (χ1v) is 6.13. The van der Waals surface area contributed by atoms with Gasteiger partial charge >= 0.3 is 0 Å². The van der Waals surface area contributed by atoms with E-state index in [1.807, 2.05) is 24.3 Å². The predicted octanol–water partition coefficient (Wildman–Crippen LogP) is 4.79. The summed E-state index contributed by atoms with van der Waals surface area (Å²) in [7, 11) is 0. The molecular formula is C16H18ClNO. The third kappa shape index (κ3) is 4.11. The topological polar surface area (TPSA) is 29.1 Å². The highest BCUT2D eigenvalue weighted by Gasteiger charge is 2.05. The summed E-state index contributed by atoms with van der Waals surface area (Å²) < 4.78 is 0. The Kier molecular flexibility index (Phi) is 5.58. The van der Waals surface area contributed by atoms with Crippen LogP contribution in [0, 0.1) is 0 Å². The molecule has 0 saturated carbocycles. The van der Waals surface area contributed by atoms with Gasteiger partial charge < -0.3 is 5.32 Å². The van der Waals surface area contributed by atoms with Crippen LogP contribution in [0.25, 0.3) is 0 Å². The largest absolute Gasteiger partial charge is 0.381 e. The number of rotatable bonds is 4. The van der Waals surface area contributed by atoms with Crippen LogP contribution in [0.2, 0.25) is 5.02 Å². The van der Waals surface area contributed by atoms with Crippen molar-refractivity contribution in [3.8, 4) is 0 Å². The quantitative estimate of drug-likeness (QED) is 0.813. The minimum atomic E-state index is -0.0189. The van der Waals surface area contributed by atoms with Crippen LogP contribution in [0.4, 0.5) is 5.69 Å². The van der Waals surface area contributed by atoms with Crippen LogP contribution < -0.4 is 5.32 Å². The molecule has 100 valence electrons. The van der Waals surface area contributed by atoms with Crippen molar-refractivity contribution in [1.82, 2.24) is 0 Å². The van der Waals surface area contributed by atoms with E-state index in [4.69, 9.17) is 11.6 Å². The lowest BCUT2D eigenvalue weighted by Gasteiger charge is -2.08. The van der Waals surface area contributed by atoms with Gasteiger partial charge in [-0.05, 0) is 30.7 Å². The second kappa shape index (κ2) is 6.95. The number of benzene rings is 2. The molecule has 0 aliphatic carbocycles. The van der Waals surface area contributed by atoms with Crippen LogP contribution in [0.3, 0.4) is 0 Å². The molecule has 3 heteroatoms. The highest BCUT2D eigenvalue weighted by molar-refractivity contribution is 6.34. The first-order valence-electron chi connectivity index (χ1n) is 5.75. The lowest BCUT2D eigenvalue weighted by molar-refractivity contribution is 0.101. The Balaban J connectivity index is 0.00000180. The number of ketones is 1. The van der Waals surface area contributed by atoms with Gasteiger partial charge in [-0.3, -0.25) is 4.79 Å². The Labute approximate surface area is 119 Å². The van der Waals surface area contributed by atoms with E-state index in [0.717, 1.165) is 12.2 Å². The van der Waals surface area contributed by atoms with E-state index in [-0.39, 0.29) is 13.2 Å². The fourth-order valence-electron chi connectivity index (χ4n) is 1.71. The zero-order chi connectivity index (χ0) is 13.0. The third-order valence-corrected chi connectivity index (χ3v) is 3.00. The summed E-state index contributed by atoms with van der Waals surface area (Å²) in [6.07, 6.45) is 0. The van der Waals surface area contributed by atoms with Gasteiger partial charge in [-0.25, -0.2) is 0 Å². The Morgan fingerprint density at radius 2 is 1.84 bits per heavy atom. The highest BCUT2D eigenvalue weighted by Crippen LogP contribution is 2.21. The number of Topliss-reactive ketones (excluding diaryl/α,β-unsaturated/α-hetero) is 1. The summed E-state index contributed by atoms with van der Waals surface area (Å²) in [5.41, 5.74) is 2.67. The number of anilines is 1. The molecule has 0 aromatic heterocycles. The SMILES string of the molecule is C.CC(=O)c1ccc(NCc2ccccc2)cc1Cl. The minimum absolute atomic E-state index is 0. The molecule has 2 aromatic carbocycles. The van der Waals surface area contributed by atoms with Crippen molar-refractivity contribution in [2.24, 2.45) is 0 Å². The van der Waals surface area contributed by atoms with Crippen molar-refractivity contribution in [1.29, 1.82) is 0 Å². The standard InChI is InChI=1S/C15H14ClNO.CH4/c1-11(18)14-8-7-13(9-15(14)16)17-10-12-5-3-2-4-6-12;/h2-9,17H,10H2,1H3;1H4. The van der Waals surface area contributed by atoms with Crippen molar-refractivity contribution in [2.75, 3.05) is 5.32 Å². The number of carbonyl (C=O) groups excluding carboxylic acids is 1. The van der Waals surface area contributed by atoms with Crippen LogP contribution in [0.15, 0.2) is 48.5 Å². The molecule has 0 aliphatic heterocycles. The van der Waals surface area contributed by atoms with Gasteiger partial charge in [0.25, 0.3) is 0 Å². The van der Waals surface area contributed by atoms with Gasteiger partial charge in [0, 0.05) is 17.8 Å². The average molecular weight is 276 g/mol. The van der Waals surface area contributed by atoms with Gasteiger partial charge in [-0.15, -0.1) is 0 Å². The number of carbonyl (C=O) groups is 1. The molecule has 0 unspecified atom stereocenters. The minimum Gasteiger partial charge on any atom is -0.381 e. The average Bonchev–Trinajstić information content (AvgIpc) is 2.37. The summed E-state index contributed by atoms with van der Waals surface area (Å²) in [4.78, 5) is 11.3. The zero-order valence-electron chi connectivity index (χ0n) is 10.1. The molecule has 0 bridgehead atoms. The summed E-state index contributed by atoms with van der Waals surface area (Å²) >= 11 is 6.05. The molecule has 2 rings (SSSR count). The first-order chi connectivity index (χ1) is 8.66. The van der Waals surface area contributed by atoms with E-state index in [1.54, 1.807) is 12.1 Å². The predicted molar refractivity (Wildman–Crippen MR) is 82.0 cm³/mol. The van der Waals surface area contributed by atoms with Crippen LogP contribution in [-0.2, 0) is 6.54 Å². The first kappa shape index (κ1) is 15.3. The molecule has 0 radical (unpaired) electrons. The van der Waals surface area contributed by atoms with E-state index in [2.05, 4.69) is 17.4 Å². The van der Waals surface area contributed by atoms with E-state index in [1.165, 1.54) is 12.5 Å². The summed E-state index contributed by atoms with van der Waals surface area (Å²) in [6, 6.07) is 15.5. The Morgan fingerprint density at radius 3 is 2.42 bits per heavy atom. The molecule has 0 saturated heterocycles. The van der Waals surface area contributed by atoms with Gasteiger partial charge in [-0.1, -0.05) is 49.4 Å². The number of hydrogen-bond donors (Lipinski definition) is 1. The number of nitrogens with one attached hydrogen (secondary N) is 1. The van der Waals surface area contributed by atoms with Crippen LogP contribution in [0.5, 0.6) is 0 Å². The molecule has 0 spiro atoms. The van der Waals surface area contributed by atoms with E-state index < -0.39 is 0 Å². The molecule has 1 N–H and O–H groups in total.